The van der Waals surface area contributed by atoms with Crippen LogP contribution in [0.4, 0.5) is 0 Å². The fourth-order valence-electron chi connectivity index (χ4n) is 0.433. The lowest BCUT2D eigenvalue weighted by atomic mass is 9.87. The summed E-state index contributed by atoms with van der Waals surface area (Å²) in [5, 5.41) is 8.49. The smallest absolute Gasteiger partial charge is 0.321 e. The molecule has 0 amide bonds. The molecule has 3 nitrogen and oxygen atoms in total. The Balaban J connectivity index is 4.17. The van der Waals surface area contributed by atoms with E-state index >= 15 is 0 Å². The summed E-state index contributed by atoms with van der Waals surface area (Å²) < 4.78 is 0. The Kier molecular flexibility index (Phi) is 3.18. The van der Waals surface area contributed by atoms with Crippen molar-refractivity contribution in [1.29, 1.82) is 0 Å². The van der Waals surface area contributed by atoms with Crippen LogP contribution in [0.3, 0.4) is 0 Å². The quantitative estimate of drug-likeness (QED) is 0.526. The normalized spacial score (nSPS) is 14.8. The van der Waals surface area contributed by atoms with E-state index in [1.807, 2.05) is 0 Å². The summed E-state index contributed by atoms with van der Waals surface area (Å²) in [6.07, 6.45) is 0. The van der Waals surface area contributed by atoms with Crippen LogP contribution in [0.1, 0.15) is 13.8 Å². The van der Waals surface area contributed by atoms with Gasteiger partial charge in [-0.3, -0.25) is 4.79 Å². The number of carboxylic acids is 1. The molecule has 0 aromatic carbocycles. The molecule has 3 N–H and O–H groups in total. The molecule has 0 rings (SSSR count). The minimum absolute atomic E-state index is 0.436. The zero-order valence-corrected chi connectivity index (χ0v) is 7.06. The van der Waals surface area contributed by atoms with Crippen molar-refractivity contribution in [3.63, 3.8) is 0 Å². The standard InChI is InChI=1S/C6H13NO2S/c1-6(2,3-10)4(7)5(8)9/h4,10H,3,7H2,1-2H3,(H,8,9). The van der Waals surface area contributed by atoms with E-state index in [0.717, 1.165) is 0 Å². The molecule has 1 atom stereocenters. The summed E-state index contributed by atoms with van der Waals surface area (Å²) in [6, 6.07) is -0.829. The SMILES string of the molecule is CC(C)(CS)C(N)C(=O)O. The fourth-order valence-corrected chi connectivity index (χ4v) is 0.629. The Morgan fingerprint density at radius 3 is 2.30 bits per heavy atom. The summed E-state index contributed by atoms with van der Waals surface area (Å²) >= 11 is 3.99. The molecular weight excluding hydrogens is 150 g/mol. The predicted molar refractivity (Wildman–Crippen MR) is 43.2 cm³/mol. The van der Waals surface area contributed by atoms with Gasteiger partial charge in [-0.1, -0.05) is 13.8 Å². The Labute approximate surface area is 66.0 Å². The van der Waals surface area contributed by atoms with E-state index in [0.29, 0.717) is 5.75 Å². The first-order chi connectivity index (χ1) is 4.41. The summed E-state index contributed by atoms with van der Waals surface area (Å²) in [4.78, 5) is 10.3. The van der Waals surface area contributed by atoms with Crippen molar-refractivity contribution in [2.45, 2.75) is 19.9 Å². The Bertz CT molecular complexity index is 136. The van der Waals surface area contributed by atoms with Gasteiger partial charge in [0.25, 0.3) is 0 Å². The van der Waals surface area contributed by atoms with Crippen LogP contribution in [-0.2, 0) is 4.79 Å². The van der Waals surface area contributed by atoms with E-state index in [2.05, 4.69) is 12.6 Å². The molecule has 4 heteroatoms. The molecule has 60 valence electrons. The number of rotatable bonds is 3. The molecule has 0 spiro atoms. The lowest BCUT2D eigenvalue weighted by Gasteiger charge is -2.25. The van der Waals surface area contributed by atoms with E-state index in [1.165, 1.54) is 0 Å². The molecule has 0 aliphatic carbocycles. The third-order valence-corrected chi connectivity index (χ3v) is 2.33. The summed E-state index contributed by atoms with van der Waals surface area (Å²) in [5.74, 6) is -0.500. The highest BCUT2D eigenvalue weighted by Crippen LogP contribution is 2.20. The van der Waals surface area contributed by atoms with Gasteiger partial charge in [-0.15, -0.1) is 0 Å². The molecule has 0 aromatic rings. The molecule has 0 radical (unpaired) electrons. The van der Waals surface area contributed by atoms with Crippen LogP contribution >= 0.6 is 12.6 Å². The molecule has 0 aliphatic rings. The average molecular weight is 163 g/mol. The summed E-state index contributed by atoms with van der Waals surface area (Å²) in [7, 11) is 0. The highest BCUT2D eigenvalue weighted by Gasteiger charge is 2.30. The van der Waals surface area contributed by atoms with Gasteiger partial charge in [-0.2, -0.15) is 12.6 Å². The molecule has 0 saturated carbocycles. The Hall–Kier alpha value is -0.220. The third kappa shape index (κ3) is 2.19. The van der Waals surface area contributed by atoms with Crippen LogP contribution in [0.2, 0.25) is 0 Å². The van der Waals surface area contributed by atoms with E-state index in [4.69, 9.17) is 10.8 Å². The number of carbonyl (C=O) groups is 1. The first-order valence-corrected chi connectivity index (χ1v) is 3.64. The molecule has 0 aliphatic heterocycles. The highest BCUT2D eigenvalue weighted by molar-refractivity contribution is 7.80. The average Bonchev–Trinajstić information content (AvgIpc) is 1.86. The van der Waals surface area contributed by atoms with Gasteiger partial charge in [0, 0.05) is 0 Å². The number of nitrogens with two attached hydrogens (primary N) is 1. The Morgan fingerprint density at radius 2 is 2.20 bits per heavy atom. The lowest BCUT2D eigenvalue weighted by Crippen LogP contribution is -2.44. The summed E-state index contributed by atoms with van der Waals surface area (Å²) in [6.45, 7) is 3.55. The molecule has 1 unspecified atom stereocenters. The van der Waals surface area contributed by atoms with Crippen molar-refractivity contribution < 1.29 is 9.90 Å². The maximum Gasteiger partial charge on any atom is 0.321 e. The van der Waals surface area contributed by atoms with Crippen LogP contribution < -0.4 is 5.73 Å². The third-order valence-electron chi connectivity index (χ3n) is 1.52. The number of carboxylic acid groups (broad SMARTS) is 1. The molecule has 10 heavy (non-hydrogen) atoms. The molecular formula is C6H13NO2S. The molecule has 0 heterocycles. The van der Waals surface area contributed by atoms with Crippen molar-refractivity contribution in [3.8, 4) is 0 Å². The van der Waals surface area contributed by atoms with Crippen LogP contribution in [-0.4, -0.2) is 22.9 Å². The molecule has 0 saturated heterocycles. The van der Waals surface area contributed by atoms with E-state index in [-0.39, 0.29) is 0 Å². The zero-order chi connectivity index (χ0) is 8.36. The fraction of sp³-hybridized carbons (Fsp3) is 0.833. The summed E-state index contributed by atoms with van der Waals surface area (Å²) in [5.41, 5.74) is 4.92. The second-order valence-electron chi connectivity index (χ2n) is 2.96. The van der Waals surface area contributed by atoms with Crippen molar-refractivity contribution in [1.82, 2.24) is 0 Å². The van der Waals surface area contributed by atoms with E-state index < -0.39 is 17.4 Å². The van der Waals surface area contributed by atoms with Gasteiger partial charge in [0.05, 0.1) is 0 Å². The van der Waals surface area contributed by atoms with Crippen molar-refractivity contribution in [2.75, 3.05) is 5.75 Å². The van der Waals surface area contributed by atoms with Gasteiger partial charge in [0.1, 0.15) is 6.04 Å². The van der Waals surface area contributed by atoms with Gasteiger partial charge in [0.2, 0.25) is 0 Å². The highest BCUT2D eigenvalue weighted by atomic mass is 32.1. The van der Waals surface area contributed by atoms with Gasteiger partial charge >= 0.3 is 5.97 Å². The zero-order valence-electron chi connectivity index (χ0n) is 6.16. The predicted octanol–water partition coefficient (Wildman–Crippen LogP) is 0.354. The number of hydrogen-bond acceptors (Lipinski definition) is 3. The lowest BCUT2D eigenvalue weighted by molar-refractivity contribution is -0.140. The number of hydrogen-bond donors (Lipinski definition) is 3. The van der Waals surface area contributed by atoms with Crippen molar-refractivity contribution >= 4 is 18.6 Å². The second-order valence-corrected chi connectivity index (χ2v) is 3.28. The van der Waals surface area contributed by atoms with Crippen molar-refractivity contribution in [3.05, 3.63) is 0 Å². The maximum atomic E-state index is 10.3. The van der Waals surface area contributed by atoms with Gasteiger partial charge in [-0.05, 0) is 11.2 Å². The van der Waals surface area contributed by atoms with Gasteiger partial charge in [0.15, 0.2) is 0 Å². The maximum absolute atomic E-state index is 10.3. The first-order valence-electron chi connectivity index (χ1n) is 3.01. The topological polar surface area (TPSA) is 63.3 Å². The molecule has 0 aromatic heterocycles. The minimum Gasteiger partial charge on any atom is -0.480 e. The van der Waals surface area contributed by atoms with Crippen LogP contribution in [0.25, 0.3) is 0 Å². The second kappa shape index (κ2) is 3.25. The first kappa shape index (κ1) is 9.78. The van der Waals surface area contributed by atoms with Gasteiger partial charge in [-0.25, -0.2) is 0 Å². The van der Waals surface area contributed by atoms with E-state index in [1.54, 1.807) is 13.8 Å². The minimum atomic E-state index is -0.973. The van der Waals surface area contributed by atoms with E-state index in [9.17, 15) is 4.79 Å². The number of thiol groups is 1. The van der Waals surface area contributed by atoms with Crippen LogP contribution in [0.5, 0.6) is 0 Å². The molecule has 0 bridgehead atoms. The largest absolute Gasteiger partial charge is 0.480 e. The van der Waals surface area contributed by atoms with Crippen LogP contribution in [0.15, 0.2) is 0 Å². The van der Waals surface area contributed by atoms with Crippen LogP contribution in [0, 0.1) is 5.41 Å². The number of aliphatic carboxylic acids is 1. The monoisotopic (exact) mass is 163 g/mol. The molecule has 0 fully saturated rings. The van der Waals surface area contributed by atoms with Gasteiger partial charge < -0.3 is 10.8 Å². The van der Waals surface area contributed by atoms with Crippen molar-refractivity contribution in [2.24, 2.45) is 11.1 Å². The Morgan fingerprint density at radius 1 is 1.80 bits per heavy atom.